The van der Waals surface area contributed by atoms with E-state index in [4.69, 9.17) is 9.47 Å². The Morgan fingerprint density at radius 1 is 1.06 bits per heavy atom. The SMILES string of the molecule is CCOC(=O)CNCc1ccc2c(C(F)(F)F)c(O[C@H]3CC[C@H](C(C)(C)C)CC3)ccc2c1. The Hall–Kier alpha value is -2.28. The number of alkyl halides is 3. The minimum atomic E-state index is -4.53. The second kappa shape index (κ2) is 10.3. The number of hydrogen-bond acceptors (Lipinski definition) is 4. The fraction of sp³-hybridized carbons (Fsp3) is 0.577. The van der Waals surface area contributed by atoms with E-state index in [0.29, 0.717) is 24.5 Å². The maximum Gasteiger partial charge on any atom is 0.420 e. The molecule has 0 bridgehead atoms. The van der Waals surface area contributed by atoms with Gasteiger partial charge < -0.3 is 14.8 Å². The molecule has 1 N–H and O–H groups in total. The van der Waals surface area contributed by atoms with Crippen molar-refractivity contribution >= 4 is 16.7 Å². The van der Waals surface area contributed by atoms with E-state index in [-0.39, 0.29) is 35.2 Å². The molecule has 2 aromatic rings. The summed E-state index contributed by atoms with van der Waals surface area (Å²) in [4.78, 5) is 11.4. The number of carbonyl (C=O) groups excluding carboxylic acids is 1. The number of rotatable bonds is 7. The Balaban J connectivity index is 1.77. The lowest BCUT2D eigenvalue weighted by Crippen LogP contribution is -2.31. The molecule has 0 aliphatic heterocycles. The number of ether oxygens (including phenoxy) is 2. The van der Waals surface area contributed by atoms with Crippen LogP contribution in [0.25, 0.3) is 10.8 Å². The highest BCUT2D eigenvalue weighted by molar-refractivity contribution is 5.89. The van der Waals surface area contributed by atoms with Gasteiger partial charge in [0.25, 0.3) is 0 Å². The molecule has 0 atom stereocenters. The summed E-state index contributed by atoms with van der Waals surface area (Å²) >= 11 is 0. The second-order valence-electron chi connectivity index (χ2n) is 9.86. The molecule has 1 saturated carbocycles. The van der Waals surface area contributed by atoms with Crippen LogP contribution >= 0.6 is 0 Å². The summed E-state index contributed by atoms with van der Waals surface area (Å²) in [6, 6.07) is 7.96. The van der Waals surface area contributed by atoms with Gasteiger partial charge >= 0.3 is 12.1 Å². The molecule has 182 valence electrons. The third-order valence-electron chi connectivity index (χ3n) is 6.43. The summed E-state index contributed by atoms with van der Waals surface area (Å²) in [5.41, 5.74) is 0.270. The van der Waals surface area contributed by atoms with Gasteiger partial charge in [-0.05, 0) is 72.4 Å². The molecule has 0 spiro atoms. The number of hydrogen-bond donors (Lipinski definition) is 1. The lowest BCUT2D eigenvalue weighted by atomic mass is 9.72. The van der Waals surface area contributed by atoms with E-state index in [9.17, 15) is 18.0 Å². The third-order valence-corrected chi connectivity index (χ3v) is 6.43. The summed E-state index contributed by atoms with van der Waals surface area (Å²) in [5.74, 6) is 0.102. The van der Waals surface area contributed by atoms with Gasteiger partial charge in [-0.2, -0.15) is 13.2 Å². The summed E-state index contributed by atoms with van der Waals surface area (Å²) in [6.07, 6.45) is -1.27. The molecular weight excluding hydrogens is 431 g/mol. The first-order valence-electron chi connectivity index (χ1n) is 11.6. The van der Waals surface area contributed by atoms with Crippen LogP contribution in [0.4, 0.5) is 13.2 Å². The number of benzene rings is 2. The summed E-state index contributed by atoms with van der Waals surface area (Å²) in [6.45, 7) is 9.07. The molecule has 1 aliphatic rings. The highest BCUT2D eigenvalue weighted by atomic mass is 19.4. The summed E-state index contributed by atoms with van der Waals surface area (Å²) < 4.78 is 53.0. The normalized spacial score (nSPS) is 19.5. The predicted octanol–water partition coefficient (Wildman–Crippen LogP) is 6.50. The average Bonchev–Trinajstić information content (AvgIpc) is 2.72. The number of nitrogens with one attached hydrogen (secondary N) is 1. The lowest BCUT2D eigenvalue weighted by Gasteiger charge is -2.37. The quantitative estimate of drug-likeness (QED) is 0.475. The van der Waals surface area contributed by atoms with Crippen molar-refractivity contribution in [3.05, 3.63) is 41.5 Å². The van der Waals surface area contributed by atoms with Gasteiger partial charge in [-0.3, -0.25) is 4.79 Å². The van der Waals surface area contributed by atoms with Crippen LogP contribution in [0.5, 0.6) is 5.75 Å². The second-order valence-corrected chi connectivity index (χ2v) is 9.86. The molecule has 2 aromatic carbocycles. The summed E-state index contributed by atoms with van der Waals surface area (Å²) in [7, 11) is 0. The van der Waals surface area contributed by atoms with Crippen molar-refractivity contribution in [2.45, 2.75) is 72.2 Å². The molecule has 33 heavy (non-hydrogen) atoms. The standard InChI is InChI=1S/C26H34F3NO3/c1-5-32-23(31)16-30-15-17-6-12-21-18(14-17)7-13-22(24(21)26(27,28)29)33-20-10-8-19(9-11-20)25(2,3)4/h6-7,12-14,19-20,30H,5,8-11,15-16H2,1-4H3/t19-,20-. The van der Waals surface area contributed by atoms with Crippen LogP contribution in [0.15, 0.2) is 30.3 Å². The van der Waals surface area contributed by atoms with Crippen molar-refractivity contribution < 1.29 is 27.4 Å². The Labute approximate surface area is 193 Å². The Kier molecular flexibility index (Phi) is 7.93. The zero-order valence-corrected chi connectivity index (χ0v) is 19.8. The smallest absolute Gasteiger partial charge is 0.420 e. The van der Waals surface area contributed by atoms with E-state index >= 15 is 0 Å². The monoisotopic (exact) mass is 465 g/mol. The van der Waals surface area contributed by atoms with Crippen LogP contribution in [0.3, 0.4) is 0 Å². The van der Waals surface area contributed by atoms with E-state index in [1.165, 1.54) is 12.1 Å². The topological polar surface area (TPSA) is 47.6 Å². The molecular formula is C26H34F3NO3. The van der Waals surface area contributed by atoms with Crippen molar-refractivity contribution in [1.82, 2.24) is 5.32 Å². The van der Waals surface area contributed by atoms with Crippen molar-refractivity contribution in [1.29, 1.82) is 0 Å². The van der Waals surface area contributed by atoms with Crippen LogP contribution in [0.2, 0.25) is 0 Å². The van der Waals surface area contributed by atoms with E-state index in [2.05, 4.69) is 26.1 Å². The highest BCUT2D eigenvalue weighted by Gasteiger charge is 2.38. The van der Waals surface area contributed by atoms with Crippen LogP contribution in [-0.4, -0.2) is 25.2 Å². The first-order valence-corrected chi connectivity index (χ1v) is 11.6. The Morgan fingerprint density at radius 3 is 2.36 bits per heavy atom. The largest absolute Gasteiger partial charge is 0.490 e. The van der Waals surface area contributed by atoms with E-state index in [1.807, 2.05) is 0 Å². The maximum absolute atomic E-state index is 14.1. The molecule has 4 nitrogen and oxygen atoms in total. The van der Waals surface area contributed by atoms with E-state index in [1.54, 1.807) is 25.1 Å². The average molecular weight is 466 g/mol. The fourth-order valence-electron chi connectivity index (χ4n) is 4.61. The van der Waals surface area contributed by atoms with Crippen LogP contribution in [0.1, 0.15) is 64.5 Å². The van der Waals surface area contributed by atoms with Gasteiger partial charge in [-0.15, -0.1) is 0 Å². The molecule has 0 amide bonds. The van der Waals surface area contributed by atoms with Gasteiger partial charge in [0.1, 0.15) is 11.3 Å². The molecule has 0 aromatic heterocycles. The van der Waals surface area contributed by atoms with E-state index < -0.39 is 11.7 Å². The van der Waals surface area contributed by atoms with Gasteiger partial charge in [0, 0.05) is 6.54 Å². The van der Waals surface area contributed by atoms with Gasteiger partial charge in [-0.1, -0.05) is 39.0 Å². The minimum Gasteiger partial charge on any atom is -0.490 e. The molecule has 1 aliphatic carbocycles. The van der Waals surface area contributed by atoms with Crippen molar-refractivity contribution in [3.63, 3.8) is 0 Å². The first-order chi connectivity index (χ1) is 15.5. The predicted molar refractivity (Wildman–Crippen MR) is 123 cm³/mol. The van der Waals surface area contributed by atoms with Crippen LogP contribution in [0, 0.1) is 11.3 Å². The first kappa shape index (κ1) is 25.3. The van der Waals surface area contributed by atoms with Gasteiger partial charge in [0.05, 0.1) is 19.3 Å². The zero-order chi connectivity index (χ0) is 24.2. The Morgan fingerprint density at radius 2 is 1.76 bits per heavy atom. The lowest BCUT2D eigenvalue weighted by molar-refractivity contribution is -0.142. The number of fused-ring (bicyclic) bond motifs is 1. The molecule has 7 heteroatoms. The molecule has 0 unspecified atom stereocenters. The summed E-state index contributed by atoms with van der Waals surface area (Å²) in [5, 5.41) is 3.56. The molecule has 1 fully saturated rings. The van der Waals surface area contributed by atoms with E-state index in [0.717, 1.165) is 31.2 Å². The van der Waals surface area contributed by atoms with Gasteiger partial charge in [0.2, 0.25) is 0 Å². The highest BCUT2D eigenvalue weighted by Crippen LogP contribution is 2.44. The molecule has 0 heterocycles. The van der Waals surface area contributed by atoms with Crippen LogP contribution < -0.4 is 10.1 Å². The fourth-order valence-corrected chi connectivity index (χ4v) is 4.61. The maximum atomic E-state index is 14.1. The molecule has 3 rings (SSSR count). The molecule has 0 saturated heterocycles. The minimum absolute atomic E-state index is 0.0456. The zero-order valence-electron chi connectivity index (χ0n) is 19.8. The third kappa shape index (κ3) is 6.62. The Bertz CT molecular complexity index is 958. The van der Waals surface area contributed by atoms with Crippen LogP contribution in [-0.2, 0) is 22.3 Å². The number of halogens is 3. The number of esters is 1. The van der Waals surface area contributed by atoms with Crippen molar-refractivity contribution in [3.8, 4) is 5.75 Å². The molecule has 0 radical (unpaired) electrons. The number of carbonyl (C=O) groups is 1. The van der Waals surface area contributed by atoms with Gasteiger partial charge in [-0.25, -0.2) is 0 Å². The van der Waals surface area contributed by atoms with Crippen molar-refractivity contribution in [2.75, 3.05) is 13.2 Å². The van der Waals surface area contributed by atoms with Gasteiger partial charge in [0.15, 0.2) is 0 Å². The van der Waals surface area contributed by atoms with Crippen molar-refractivity contribution in [2.24, 2.45) is 11.3 Å².